The quantitative estimate of drug-likeness (QED) is 0.0345. The van der Waals surface area contributed by atoms with Crippen LogP contribution in [0.25, 0.3) is 34.2 Å². The molecule has 24 nitrogen and oxygen atoms in total. The second-order valence-electron chi connectivity index (χ2n) is 27.3. The molecule has 9 aromatic rings. The van der Waals surface area contributed by atoms with Gasteiger partial charge in [0.25, 0.3) is 0 Å². The molecule has 3 aromatic heterocycles. The summed E-state index contributed by atoms with van der Waals surface area (Å²) in [6.07, 6.45) is 8.51. The van der Waals surface area contributed by atoms with Crippen molar-refractivity contribution >= 4 is 35.2 Å². The largest absolute Gasteiger partial charge is 0.338 e. The Labute approximate surface area is 601 Å². The van der Waals surface area contributed by atoms with Gasteiger partial charge in [0.2, 0.25) is 0 Å². The van der Waals surface area contributed by atoms with Crippen molar-refractivity contribution in [1.82, 2.24) is 91.3 Å². The second kappa shape index (κ2) is 36.0. The summed E-state index contributed by atoms with van der Waals surface area (Å²) < 4.78 is 57.7. The average Bonchev–Trinajstić information content (AvgIpc) is 1.40. The van der Waals surface area contributed by atoms with Gasteiger partial charge >= 0.3 is 18.1 Å². The van der Waals surface area contributed by atoms with Gasteiger partial charge in [-0.1, -0.05) is 70.2 Å². The van der Waals surface area contributed by atoms with Gasteiger partial charge in [-0.3, -0.25) is 4.90 Å². The van der Waals surface area contributed by atoms with E-state index in [1.165, 1.54) is 36.4 Å². The van der Waals surface area contributed by atoms with Crippen LogP contribution >= 0.6 is 0 Å². The van der Waals surface area contributed by atoms with Crippen molar-refractivity contribution in [1.29, 1.82) is 0 Å². The third-order valence-corrected chi connectivity index (χ3v) is 19.2. The molecular weight excluding hydrogens is 1310 g/mol. The number of nitrogens with zero attached hydrogens (tertiary/aromatic N) is 15. The van der Waals surface area contributed by atoms with Crippen LogP contribution in [-0.2, 0) is 53.4 Å². The van der Waals surface area contributed by atoms with Crippen LogP contribution in [0.5, 0.6) is 0 Å². The van der Waals surface area contributed by atoms with Gasteiger partial charge < -0.3 is 41.7 Å². The van der Waals surface area contributed by atoms with Crippen LogP contribution in [0.1, 0.15) is 96.2 Å². The van der Waals surface area contributed by atoms with Gasteiger partial charge in [-0.25, -0.2) is 46.0 Å². The van der Waals surface area contributed by atoms with Crippen LogP contribution in [0.2, 0.25) is 0 Å². The molecule has 0 aliphatic carbocycles. The number of anilines is 3. The van der Waals surface area contributed by atoms with Crippen molar-refractivity contribution in [3.63, 3.8) is 0 Å². The lowest BCUT2D eigenvalue weighted by Crippen LogP contribution is -2.50. The average molecular weight is 1410 g/mol. The predicted molar refractivity (Wildman–Crippen MR) is 397 cm³/mol. The Morgan fingerprint density at radius 2 is 0.941 bits per heavy atom. The molecule has 0 saturated carbocycles. The highest BCUT2D eigenvalue weighted by Crippen LogP contribution is 2.36. The maximum atomic E-state index is 13.4. The molecule has 6 heterocycles. The first-order valence-corrected chi connectivity index (χ1v) is 35.0. The standard InChI is InChI=1S/C27H36FN7O.C25H31F2N7O.C22H26FN7O.6H2/c1-5-19-14-21(25-31-32-33-34(25)4)16-24(15-19)30-26(36)29-17-22-18-35(13-11-27(22,2)3)12-10-20-6-8-23(28)9-7-20;1-3-17-11-20(24-30-31-32-33(24)2)14-21(12-17)29-25(35)28-15-19-5-4-9-34(16-19)10-8-18-6-7-22(26)23(27)13-18;1-29-21(26-27-28-29)18-5-2-6-20(12-18)25-22(31)24-13-17-4-3-11-30(15-17)14-16-7-9-19(23)10-8-16;;;;;;/h6-9,14-16,22H,5,10-13,17-18H2,1-4H3,(H2,29,30,36);6-7,11-14,19H,3-5,8-10,15-16H2,1-2H3,(H2,28,29,35);2,5-10,12,17H,3-4,11,13-15H2,1H3,(H2,24,25,31);6*1H/t22-;19-;;;;;;;/m00......./s1. The number of amides is 6. The lowest BCUT2D eigenvalue weighted by atomic mass is 9.73. The first-order chi connectivity index (χ1) is 49.2. The molecule has 0 radical (unpaired) electrons. The molecule has 6 aromatic carbocycles. The zero-order chi connectivity index (χ0) is 72.1. The van der Waals surface area contributed by atoms with E-state index in [1.54, 1.807) is 41.3 Å². The fourth-order valence-corrected chi connectivity index (χ4v) is 13.2. The van der Waals surface area contributed by atoms with E-state index in [4.69, 9.17) is 0 Å². The molecule has 3 aliphatic heterocycles. The van der Waals surface area contributed by atoms with Crippen molar-refractivity contribution in [3.05, 3.63) is 178 Å². The highest BCUT2D eigenvalue weighted by atomic mass is 19.2. The Bertz CT molecular complexity index is 4240. The lowest BCUT2D eigenvalue weighted by Gasteiger charge is -2.44. The van der Waals surface area contributed by atoms with Crippen molar-refractivity contribution in [2.24, 2.45) is 44.3 Å². The first kappa shape index (κ1) is 74.6. The number of tetrazole rings is 3. The fourth-order valence-electron chi connectivity index (χ4n) is 13.2. The molecule has 0 bridgehead atoms. The predicted octanol–water partition coefficient (Wildman–Crippen LogP) is 12.6. The summed E-state index contributed by atoms with van der Waals surface area (Å²) in [7, 11) is 5.34. The van der Waals surface area contributed by atoms with Crippen LogP contribution in [0.3, 0.4) is 0 Å². The molecule has 3 atom stereocenters. The second-order valence-corrected chi connectivity index (χ2v) is 27.3. The van der Waals surface area contributed by atoms with E-state index in [9.17, 15) is 31.9 Å². The van der Waals surface area contributed by atoms with E-state index in [0.717, 1.165) is 155 Å². The number of nitrogens with one attached hydrogen (secondary N) is 6. The van der Waals surface area contributed by atoms with Crippen molar-refractivity contribution in [2.75, 3.05) is 87.9 Å². The summed E-state index contributed by atoms with van der Waals surface area (Å²) in [4.78, 5) is 45.0. The topological polar surface area (TPSA) is 264 Å². The van der Waals surface area contributed by atoms with Gasteiger partial charge in [0, 0.05) is 122 Å². The van der Waals surface area contributed by atoms with Crippen LogP contribution in [0.4, 0.5) is 49.0 Å². The fraction of sp³-hybridized carbons (Fsp3) is 0.432. The maximum absolute atomic E-state index is 13.4. The van der Waals surface area contributed by atoms with Crippen LogP contribution in [0.15, 0.2) is 127 Å². The molecular formula is C74H105F4N21O3. The van der Waals surface area contributed by atoms with Crippen molar-refractivity contribution < 1.29 is 40.5 Å². The number of aromatic nitrogens is 12. The number of rotatable bonds is 22. The Hall–Kier alpha value is -10.1. The summed E-state index contributed by atoms with van der Waals surface area (Å²) in [5.74, 6) is 0.921. The van der Waals surface area contributed by atoms with Crippen LogP contribution in [0, 0.1) is 46.4 Å². The third kappa shape index (κ3) is 22.0. The summed E-state index contributed by atoms with van der Waals surface area (Å²) in [6.45, 7) is 18.7. The van der Waals surface area contributed by atoms with E-state index in [-0.39, 0.29) is 43.7 Å². The molecule has 28 heteroatoms. The molecule has 3 saturated heterocycles. The third-order valence-electron chi connectivity index (χ3n) is 19.2. The van der Waals surface area contributed by atoms with Gasteiger partial charge in [0.15, 0.2) is 29.1 Å². The number of urea groups is 3. The van der Waals surface area contributed by atoms with Crippen molar-refractivity contribution in [3.8, 4) is 34.2 Å². The zero-order valence-electron chi connectivity index (χ0n) is 59.2. The minimum absolute atomic E-state index is 0. The monoisotopic (exact) mass is 1410 g/mol. The number of piperidine rings is 3. The Morgan fingerprint density at radius 3 is 1.46 bits per heavy atom. The number of carbonyl (C=O) groups is 3. The van der Waals surface area contributed by atoms with Crippen LogP contribution < -0.4 is 31.9 Å². The highest BCUT2D eigenvalue weighted by molar-refractivity contribution is 5.91. The molecule has 12 rings (SSSR count). The Balaban J connectivity index is 0.000000334. The number of hydrogen-bond acceptors (Lipinski definition) is 15. The number of carbonyl (C=O) groups excluding carboxylic acids is 3. The first-order valence-electron chi connectivity index (χ1n) is 35.0. The van der Waals surface area contributed by atoms with Crippen molar-refractivity contribution in [2.45, 2.75) is 92.0 Å². The van der Waals surface area contributed by atoms with E-state index < -0.39 is 11.6 Å². The van der Waals surface area contributed by atoms with E-state index >= 15 is 0 Å². The summed E-state index contributed by atoms with van der Waals surface area (Å²) >= 11 is 0. The molecule has 3 aliphatic rings. The Kier molecular flexibility index (Phi) is 26.3. The number of hydrogen-bond donors (Lipinski definition) is 6. The van der Waals surface area contributed by atoms with Crippen LogP contribution in [-0.4, -0.2) is 165 Å². The number of benzene rings is 6. The Morgan fingerprint density at radius 1 is 0.480 bits per heavy atom. The smallest absolute Gasteiger partial charge is 0.319 e. The lowest BCUT2D eigenvalue weighted by molar-refractivity contribution is 0.0624. The molecule has 0 spiro atoms. The SMILES string of the molecule is CCc1cc(NC(=O)NC[C@@H]2CCCN(CCc3ccc(F)c(F)c3)C2)cc(-c2nnnn2C)c1.CCc1cc(NC(=O)NC[C@H]2CN(CCc3ccc(F)cc3)CCC2(C)C)cc(-c2nnnn2C)c1.Cn1nnnc1-c1cccc(NC(=O)NCC2CCCN(Cc3ccc(F)cc3)C2)c1.[HH].[HH].[HH].[HH].[HH].[HH]. The zero-order valence-corrected chi connectivity index (χ0v) is 59.2. The highest BCUT2D eigenvalue weighted by Gasteiger charge is 2.36. The number of likely N-dealkylation sites (tertiary alicyclic amines) is 3. The van der Waals surface area contributed by atoms with Gasteiger partial charge in [0.05, 0.1) is 0 Å². The summed E-state index contributed by atoms with van der Waals surface area (Å²) in [5, 5.41) is 52.7. The van der Waals surface area contributed by atoms with Gasteiger partial charge in [0.1, 0.15) is 11.6 Å². The molecule has 6 N–H and O–H groups in total. The summed E-state index contributed by atoms with van der Waals surface area (Å²) in [5.41, 5.74) is 9.95. The van der Waals surface area contributed by atoms with E-state index in [2.05, 4.69) is 121 Å². The molecule has 102 heavy (non-hydrogen) atoms. The normalized spacial score (nSPS) is 16.9. The van der Waals surface area contributed by atoms with Gasteiger partial charge in [-0.05, 0) is 245 Å². The molecule has 552 valence electrons. The molecule has 3 fully saturated rings. The number of aryl methyl sites for hydroxylation is 5. The van der Waals surface area contributed by atoms with Gasteiger partial charge in [-0.15, -0.1) is 15.3 Å². The molecule has 6 amide bonds. The maximum Gasteiger partial charge on any atom is 0.319 e. The van der Waals surface area contributed by atoms with Gasteiger partial charge in [-0.2, -0.15) is 0 Å². The minimum Gasteiger partial charge on any atom is -0.338 e. The van der Waals surface area contributed by atoms with E-state index in [0.29, 0.717) is 78.3 Å². The minimum atomic E-state index is -0.820. The van der Waals surface area contributed by atoms with E-state index in [1.807, 2.05) is 84.9 Å². The molecule has 1 unspecified atom stereocenters. The summed E-state index contributed by atoms with van der Waals surface area (Å²) in [6, 6.07) is 35.9. The number of halogens is 4.